The van der Waals surface area contributed by atoms with Crippen molar-refractivity contribution in [2.75, 3.05) is 13.1 Å². The Kier molecular flexibility index (Phi) is 6.74. The maximum absolute atomic E-state index is 12.1. The summed E-state index contributed by atoms with van der Waals surface area (Å²) in [6, 6.07) is 8.31. The van der Waals surface area contributed by atoms with Gasteiger partial charge in [0, 0.05) is 18.5 Å². The van der Waals surface area contributed by atoms with E-state index in [2.05, 4.69) is 47.2 Å². The number of rotatable bonds is 8. The van der Waals surface area contributed by atoms with Crippen LogP contribution < -0.4 is 5.32 Å². The topological polar surface area (TPSA) is 45.2 Å². The highest BCUT2D eigenvalue weighted by Crippen LogP contribution is 2.12. The molecule has 2 rings (SSSR count). The number of nitrogens with one attached hydrogen (secondary N) is 1. The molecule has 0 aliphatic rings. The molecular weight excluding hydrogens is 306 g/mol. The van der Waals surface area contributed by atoms with Crippen molar-refractivity contribution >= 4 is 17.2 Å². The molecule has 0 radical (unpaired) electrons. The summed E-state index contributed by atoms with van der Waals surface area (Å²) in [4.78, 5) is 18.8. The zero-order valence-electron chi connectivity index (χ0n) is 14.1. The summed E-state index contributed by atoms with van der Waals surface area (Å²) in [5.41, 5.74) is 3.31. The summed E-state index contributed by atoms with van der Waals surface area (Å²) in [6.45, 7) is 9.84. The Balaban J connectivity index is 1.93. The van der Waals surface area contributed by atoms with Crippen molar-refractivity contribution in [2.24, 2.45) is 0 Å². The minimum absolute atomic E-state index is 0.0212. The Bertz CT molecular complexity index is 635. The lowest BCUT2D eigenvalue weighted by Crippen LogP contribution is -2.27. The molecule has 0 spiro atoms. The van der Waals surface area contributed by atoms with Crippen LogP contribution in [-0.4, -0.2) is 28.9 Å². The van der Waals surface area contributed by atoms with Gasteiger partial charge in [0.15, 0.2) is 0 Å². The summed E-state index contributed by atoms with van der Waals surface area (Å²) in [5, 5.41) is 5.96. The van der Waals surface area contributed by atoms with Crippen LogP contribution >= 0.6 is 11.3 Å². The third-order valence-electron chi connectivity index (χ3n) is 3.89. The van der Waals surface area contributed by atoms with Gasteiger partial charge in [0.25, 0.3) is 0 Å². The molecule has 0 saturated heterocycles. The van der Waals surface area contributed by atoms with Gasteiger partial charge in [-0.25, -0.2) is 4.98 Å². The highest BCUT2D eigenvalue weighted by Gasteiger charge is 2.09. The highest BCUT2D eigenvalue weighted by molar-refractivity contribution is 7.09. The molecule has 0 saturated carbocycles. The van der Waals surface area contributed by atoms with Crippen LogP contribution in [-0.2, 0) is 24.3 Å². The van der Waals surface area contributed by atoms with Crippen molar-refractivity contribution in [3.8, 4) is 0 Å². The molecule has 0 atom stereocenters. The SMILES string of the molecule is CCN(CC)Cc1ccccc1CNC(=O)Cc1csc(C)n1. The summed E-state index contributed by atoms with van der Waals surface area (Å²) < 4.78 is 0. The van der Waals surface area contributed by atoms with Gasteiger partial charge in [0.2, 0.25) is 5.91 Å². The van der Waals surface area contributed by atoms with E-state index in [-0.39, 0.29) is 5.91 Å². The van der Waals surface area contributed by atoms with Gasteiger partial charge in [-0.1, -0.05) is 38.1 Å². The molecule has 1 aromatic carbocycles. The number of aryl methyl sites for hydroxylation is 1. The molecule has 0 bridgehead atoms. The summed E-state index contributed by atoms with van der Waals surface area (Å²) in [7, 11) is 0. The second-order valence-electron chi connectivity index (χ2n) is 5.54. The minimum Gasteiger partial charge on any atom is -0.352 e. The Morgan fingerprint density at radius 1 is 1.22 bits per heavy atom. The van der Waals surface area contributed by atoms with Crippen molar-refractivity contribution < 1.29 is 4.79 Å². The van der Waals surface area contributed by atoms with Gasteiger partial charge in [-0.05, 0) is 31.1 Å². The van der Waals surface area contributed by atoms with Crippen molar-refractivity contribution in [1.82, 2.24) is 15.2 Å². The van der Waals surface area contributed by atoms with Crippen LogP contribution in [0.5, 0.6) is 0 Å². The van der Waals surface area contributed by atoms with Gasteiger partial charge >= 0.3 is 0 Å². The number of carbonyl (C=O) groups excluding carboxylic acids is 1. The number of hydrogen-bond donors (Lipinski definition) is 1. The number of nitrogens with zero attached hydrogens (tertiary/aromatic N) is 2. The average Bonchev–Trinajstić information content (AvgIpc) is 2.96. The minimum atomic E-state index is 0.0212. The van der Waals surface area contributed by atoms with E-state index in [1.165, 1.54) is 11.1 Å². The number of carbonyl (C=O) groups is 1. The van der Waals surface area contributed by atoms with Crippen LogP contribution in [0.4, 0.5) is 0 Å². The zero-order chi connectivity index (χ0) is 16.7. The van der Waals surface area contributed by atoms with Crippen LogP contribution in [0.1, 0.15) is 35.7 Å². The standard InChI is InChI=1S/C18H25N3OS/c1-4-21(5-2)12-16-9-7-6-8-15(16)11-19-18(22)10-17-13-23-14(3)20-17/h6-9,13H,4-5,10-12H2,1-3H3,(H,19,22). The van der Waals surface area contributed by atoms with E-state index in [1.54, 1.807) is 11.3 Å². The fourth-order valence-corrected chi connectivity index (χ4v) is 3.10. The molecule has 1 N–H and O–H groups in total. The lowest BCUT2D eigenvalue weighted by Gasteiger charge is -2.20. The Morgan fingerprint density at radius 2 is 1.91 bits per heavy atom. The van der Waals surface area contributed by atoms with E-state index in [4.69, 9.17) is 0 Å². The van der Waals surface area contributed by atoms with Crippen LogP contribution in [0.25, 0.3) is 0 Å². The van der Waals surface area contributed by atoms with E-state index in [0.717, 1.165) is 30.3 Å². The van der Waals surface area contributed by atoms with Gasteiger partial charge in [0.05, 0.1) is 17.1 Å². The van der Waals surface area contributed by atoms with Gasteiger partial charge in [0.1, 0.15) is 0 Å². The average molecular weight is 331 g/mol. The fraction of sp³-hybridized carbons (Fsp3) is 0.444. The van der Waals surface area contributed by atoms with Crippen LogP contribution in [0.3, 0.4) is 0 Å². The molecule has 124 valence electrons. The number of hydrogen-bond acceptors (Lipinski definition) is 4. The lowest BCUT2D eigenvalue weighted by molar-refractivity contribution is -0.120. The summed E-state index contributed by atoms with van der Waals surface area (Å²) >= 11 is 1.58. The van der Waals surface area contributed by atoms with Gasteiger partial charge < -0.3 is 5.32 Å². The summed E-state index contributed by atoms with van der Waals surface area (Å²) in [6.07, 6.45) is 0.350. The molecule has 5 heteroatoms. The van der Waals surface area contributed by atoms with Crippen LogP contribution in [0, 0.1) is 6.92 Å². The predicted octanol–water partition coefficient (Wildman–Crippen LogP) is 3.15. The second kappa shape index (κ2) is 8.79. The predicted molar refractivity (Wildman–Crippen MR) is 95.5 cm³/mol. The maximum Gasteiger partial charge on any atom is 0.226 e. The first kappa shape index (κ1) is 17.6. The third kappa shape index (κ3) is 5.44. The fourth-order valence-electron chi connectivity index (χ4n) is 2.48. The Labute approximate surface area is 142 Å². The third-order valence-corrected chi connectivity index (χ3v) is 4.71. The largest absolute Gasteiger partial charge is 0.352 e. The highest BCUT2D eigenvalue weighted by atomic mass is 32.1. The van der Waals surface area contributed by atoms with E-state index in [9.17, 15) is 4.79 Å². The second-order valence-corrected chi connectivity index (χ2v) is 6.60. The van der Waals surface area contributed by atoms with Gasteiger partial charge in [-0.2, -0.15) is 0 Å². The molecule has 4 nitrogen and oxygen atoms in total. The first-order valence-corrected chi connectivity index (χ1v) is 8.97. The molecule has 1 heterocycles. The quantitative estimate of drug-likeness (QED) is 0.808. The number of benzene rings is 1. The van der Waals surface area contributed by atoms with Gasteiger partial charge in [-0.3, -0.25) is 9.69 Å². The van der Waals surface area contributed by atoms with E-state index < -0.39 is 0 Å². The maximum atomic E-state index is 12.1. The Hall–Kier alpha value is -1.72. The molecule has 0 fully saturated rings. The molecule has 0 unspecified atom stereocenters. The molecule has 23 heavy (non-hydrogen) atoms. The normalized spacial score (nSPS) is 11.0. The summed E-state index contributed by atoms with van der Waals surface area (Å²) in [5.74, 6) is 0.0212. The van der Waals surface area contributed by atoms with Crippen LogP contribution in [0.2, 0.25) is 0 Å². The zero-order valence-corrected chi connectivity index (χ0v) is 14.9. The van der Waals surface area contributed by atoms with E-state index in [0.29, 0.717) is 13.0 Å². The molecule has 2 aromatic rings. The van der Waals surface area contributed by atoms with E-state index in [1.807, 2.05) is 18.4 Å². The van der Waals surface area contributed by atoms with Crippen molar-refractivity contribution in [3.63, 3.8) is 0 Å². The van der Waals surface area contributed by atoms with E-state index >= 15 is 0 Å². The van der Waals surface area contributed by atoms with Crippen LogP contribution in [0.15, 0.2) is 29.6 Å². The monoisotopic (exact) mass is 331 g/mol. The molecule has 0 aliphatic carbocycles. The molecule has 1 aromatic heterocycles. The number of thiazole rings is 1. The molecule has 0 aliphatic heterocycles. The molecular formula is C18H25N3OS. The first-order valence-electron chi connectivity index (χ1n) is 8.09. The first-order chi connectivity index (χ1) is 11.1. The van der Waals surface area contributed by atoms with Crippen molar-refractivity contribution in [2.45, 2.75) is 40.3 Å². The number of amides is 1. The van der Waals surface area contributed by atoms with Gasteiger partial charge in [-0.15, -0.1) is 11.3 Å². The van der Waals surface area contributed by atoms with Crippen molar-refractivity contribution in [3.05, 3.63) is 51.5 Å². The molecule has 1 amide bonds. The van der Waals surface area contributed by atoms with Crippen molar-refractivity contribution in [1.29, 1.82) is 0 Å². The number of aromatic nitrogens is 1. The smallest absolute Gasteiger partial charge is 0.226 e. The Morgan fingerprint density at radius 3 is 2.52 bits per heavy atom. The lowest BCUT2D eigenvalue weighted by atomic mass is 10.1.